The average molecular weight is 407 g/mol. The van der Waals surface area contributed by atoms with Gasteiger partial charge in [0.05, 0.1) is 12.0 Å². The van der Waals surface area contributed by atoms with Crippen molar-refractivity contribution >= 4 is 34.6 Å². The lowest BCUT2D eigenvalue weighted by atomic mass is 10.1. The van der Waals surface area contributed by atoms with Crippen molar-refractivity contribution in [1.29, 1.82) is 0 Å². The van der Waals surface area contributed by atoms with Gasteiger partial charge in [-0.25, -0.2) is 4.79 Å². The molecule has 0 spiro atoms. The summed E-state index contributed by atoms with van der Waals surface area (Å²) >= 11 is 1.44. The Hall–Kier alpha value is -3.32. The molecule has 0 atom stereocenters. The predicted molar refractivity (Wildman–Crippen MR) is 115 cm³/mol. The second-order valence-electron chi connectivity index (χ2n) is 6.68. The SMILES string of the molecule is COc1ccc(CNC(=O)Nc2ccc3c(c2)N(C(=O)c2cccs2)CC3)cc1. The minimum atomic E-state index is -0.296. The van der Waals surface area contributed by atoms with Gasteiger partial charge < -0.3 is 20.3 Å². The first-order valence-electron chi connectivity index (χ1n) is 9.30. The topological polar surface area (TPSA) is 70.7 Å². The van der Waals surface area contributed by atoms with Gasteiger partial charge in [-0.3, -0.25) is 4.79 Å². The van der Waals surface area contributed by atoms with Gasteiger partial charge in [-0.2, -0.15) is 0 Å². The summed E-state index contributed by atoms with van der Waals surface area (Å²) in [6.07, 6.45) is 0.816. The molecule has 0 saturated heterocycles. The molecule has 0 unspecified atom stereocenters. The van der Waals surface area contributed by atoms with Crippen molar-refractivity contribution in [3.8, 4) is 5.75 Å². The lowest BCUT2D eigenvalue weighted by Gasteiger charge is -2.17. The zero-order valence-corrected chi connectivity index (χ0v) is 16.8. The molecule has 1 aromatic heterocycles. The van der Waals surface area contributed by atoms with Crippen LogP contribution in [0.5, 0.6) is 5.75 Å². The van der Waals surface area contributed by atoms with Crippen LogP contribution in [0.3, 0.4) is 0 Å². The predicted octanol–water partition coefficient (Wildman–Crippen LogP) is 4.28. The number of hydrogen-bond donors (Lipinski definition) is 2. The number of ether oxygens (including phenoxy) is 1. The standard InChI is InChI=1S/C22H21N3O3S/c1-28-18-8-4-15(5-9-18)14-23-22(27)24-17-7-6-16-10-11-25(19(16)13-17)21(26)20-3-2-12-29-20/h2-9,12-13H,10-11,14H2,1H3,(H2,23,24,27). The Bertz CT molecular complexity index is 1020. The number of benzene rings is 2. The van der Waals surface area contributed by atoms with Gasteiger partial charge in [0.1, 0.15) is 5.75 Å². The minimum absolute atomic E-state index is 0.000132. The van der Waals surface area contributed by atoms with Gasteiger partial charge in [0.25, 0.3) is 5.91 Å². The fraction of sp³-hybridized carbons (Fsp3) is 0.182. The number of thiophene rings is 1. The molecular formula is C22H21N3O3S. The first-order chi connectivity index (χ1) is 14.1. The normalized spacial score (nSPS) is 12.4. The third-order valence-corrected chi connectivity index (χ3v) is 5.69. The zero-order chi connectivity index (χ0) is 20.2. The zero-order valence-electron chi connectivity index (χ0n) is 16.0. The highest BCUT2D eigenvalue weighted by molar-refractivity contribution is 7.12. The first kappa shape index (κ1) is 19.0. The number of amides is 3. The van der Waals surface area contributed by atoms with Gasteiger partial charge in [0.2, 0.25) is 0 Å². The van der Waals surface area contributed by atoms with Crippen molar-refractivity contribution in [2.75, 3.05) is 23.9 Å². The maximum atomic E-state index is 12.7. The third kappa shape index (κ3) is 4.25. The highest BCUT2D eigenvalue weighted by Gasteiger charge is 2.26. The van der Waals surface area contributed by atoms with Crippen LogP contribution in [0.4, 0.5) is 16.2 Å². The van der Waals surface area contributed by atoms with Crippen LogP contribution < -0.4 is 20.3 Å². The van der Waals surface area contributed by atoms with E-state index in [-0.39, 0.29) is 11.9 Å². The summed E-state index contributed by atoms with van der Waals surface area (Å²) in [5.41, 5.74) is 3.60. The molecule has 2 N–H and O–H groups in total. The molecule has 1 aliphatic heterocycles. The molecule has 4 rings (SSSR count). The number of carbonyl (C=O) groups excluding carboxylic acids is 2. The Balaban J connectivity index is 1.40. The van der Waals surface area contributed by atoms with E-state index < -0.39 is 0 Å². The molecular weight excluding hydrogens is 386 g/mol. The molecule has 1 aliphatic rings. The number of fused-ring (bicyclic) bond motifs is 1. The van der Waals surface area contributed by atoms with E-state index in [1.807, 2.05) is 60.0 Å². The van der Waals surface area contributed by atoms with Gasteiger partial charge in [0, 0.05) is 24.5 Å². The summed E-state index contributed by atoms with van der Waals surface area (Å²) < 4.78 is 5.13. The van der Waals surface area contributed by atoms with Crippen molar-refractivity contribution in [3.63, 3.8) is 0 Å². The van der Waals surface area contributed by atoms with Crippen LogP contribution in [0, 0.1) is 0 Å². The highest BCUT2D eigenvalue weighted by Crippen LogP contribution is 2.32. The molecule has 29 heavy (non-hydrogen) atoms. The molecule has 3 aromatic rings. The van der Waals surface area contributed by atoms with Gasteiger partial charge in [-0.05, 0) is 53.3 Å². The Kier molecular flexibility index (Phi) is 5.48. The molecule has 148 valence electrons. The molecule has 2 heterocycles. The second-order valence-corrected chi connectivity index (χ2v) is 7.63. The van der Waals surface area contributed by atoms with Gasteiger partial charge >= 0.3 is 6.03 Å². The van der Waals surface area contributed by atoms with Gasteiger partial charge in [-0.1, -0.05) is 24.3 Å². The lowest BCUT2D eigenvalue weighted by Crippen LogP contribution is -2.29. The Morgan fingerprint density at radius 3 is 2.69 bits per heavy atom. The monoisotopic (exact) mass is 407 g/mol. The molecule has 0 fully saturated rings. The van der Waals surface area contributed by atoms with Crippen molar-refractivity contribution in [3.05, 3.63) is 76.0 Å². The molecule has 0 radical (unpaired) electrons. The van der Waals surface area contributed by atoms with Crippen molar-refractivity contribution in [2.45, 2.75) is 13.0 Å². The number of urea groups is 1. The number of carbonyl (C=O) groups is 2. The van der Waals surface area contributed by atoms with Crippen LogP contribution in [-0.2, 0) is 13.0 Å². The summed E-state index contributed by atoms with van der Waals surface area (Å²) in [5, 5.41) is 7.59. The van der Waals surface area contributed by atoms with E-state index in [9.17, 15) is 9.59 Å². The van der Waals surface area contributed by atoms with E-state index in [1.165, 1.54) is 11.3 Å². The van der Waals surface area contributed by atoms with Gasteiger partial charge in [0.15, 0.2) is 0 Å². The maximum Gasteiger partial charge on any atom is 0.319 e. The summed E-state index contributed by atoms with van der Waals surface area (Å²) in [7, 11) is 1.62. The molecule has 6 nitrogen and oxygen atoms in total. The van der Waals surface area contributed by atoms with Crippen molar-refractivity contribution in [2.24, 2.45) is 0 Å². The summed E-state index contributed by atoms with van der Waals surface area (Å²) in [4.78, 5) is 27.5. The molecule has 0 saturated carbocycles. The van der Waals surface area contributed by atoms with E-state index in [4.69, 9.17) is 4.74 Å². The smallest absolute Gasteiger partial charge is 0.319 e. The lowest BCUT2D eigenvalue weighted by molar-refractivity contribution is 0.0993. The molecule has 7 heteroatoms. The highest BCUT2D eigenvalue weighted by atomic mass is 32.1. The molecule has 2 aromatic carbocycles. The molecule has 0 aliphatic carbocycles. The minimum Gasteiger partial charge on any atom is -0.497 e. The number of nitrogens with one attached hydrogen (secondary N) is 2. The largest absolute Gasteiger partial charge is 0.497 e. The number of nitrogens with zero attached hydrogens (tertiary/aromatic N) is 1. The Morgan fingerprint density at radius 2 is 1.97 bits per heavy atom. The van der Waals surface area contributed by atoms with Crippen molar-refractivity contribution in [1.82, 2.24) is 5.32 Å². The van der Waals surface area contributed by atoms with Crippen LogP contribution in [-0.4, -0.2) is 25.6 Å². The van der Waals surface area contributed by atoms with Crippen LogP contribution in [0.25, 0.3) is 0 Å². The van der Waals surface area contributed by atoms with E-state index in [2.05, 4.69) is 10.6 Å². The summed E-state index contributed by atoms with van der Waals surface area (Å²) in [6, 6.07) is 16.6. The third-order valence-electron chi connectivity index (χ3n) is 4.83. The number of methoxy groups -OCH3 is 1. The Labute approximate surface area is 173 Å². The van der Waals surface area contributed by atoms with Crippen molar-refractivity contribution < 1.29 is 14.3 Å². The first-order valence-corrected chi connectivity index (χ1v) is 10.2. The van der Waals surface area contributed by atoms with Crippen LogP contribution >= 0.6 is 11.3 Å². The number of rotatable bonds is 5. The van der Waals surface area contributed by atoms with E-state index in [0.29, 0.717) is 23.7 Å². The van der Waals surface area contributed by atoms with E-state index in [1.54, 1.807) is 12.0 Å². The van der Waals surface area contributed by atoms with Crippen LogP contribution in [0.1, 0.15) is 20.8 Å². The average Bonchev–Trinajstić information content (AvgIpc) is 3.42. The van der Waals surface area contributed by atoms with E-state index in [0.717, 1.165) is 29.0 Å². The number of anilines is 2. The van der Waals surface area contributed by atoms with E-state index >= 15 is 0 Å². The summed E-state index contributed by atoms with van der Waals surface area (Å²) in [5.74, 6) is 0.776. The van der Waals surface area contributed by atoms with Crippen LogP contribution in [0.15, 0.2) is 60.0 Å². The second kappa shape index (κ2) is 8.36. The van der Waals surface area contributed by atoms with Crippen LogP contribution in [0.2, 0.25) is 0 Å². The molecule has 3 amide bonds. The van der Waals surface area contributed by atoms with Gasteiger partial charge in [-0.15, -0.1) is 11.3 Å². The maximum absolute atomic E-state index is 12.7. The quantitative estimate of drug-likeness (QED) is 0.663. The number of hydrogen-bond acceptors (Lipinski definition) is 4. The fourth-order valence-electron chi connectivity index (χ4n) is 3.30. The Morgan fingerprint density at radius 1 is 1.14 bits per heavy atom. The summed E-state index contributed by atoms with van der Waals surface area (Å²) in [6.45, 7) is 1.06. The fourth-order valence-corrected chi connectivity index (χ4v) is 3.97. The molecule has 0 bridgehead atoms.